The molecule has 0 atom stereocenters. The van der Waals surface area contributed by atoms with E-state index in [0.29, 0.717) is 11.7 Å². The van der Waals surface area contributed by atoms with Crippen molar-refractivity contribution < 1.29 is 4.52 Å². The number of nitrogens with zero attached hydrogens (tertiary/aromatic N) is 2. The molecule has 0 bridgehead atoms. The highest BCUT2D eigenvalue weighted by atomic mass is 79.9. The van der Waals surface area contributed by atoms with E-state index in [4.69, 9.17) is 4.52 Å². The molecular formula is C12H7BrN2OS. The summed E-state index contributed by atoms with van der Waals surface area (Å²) < 4.78 is 6.27. The van der Waals surface area contributed by atoms with Crippen LogP contribution < -0.4 is 0 Å². The van der Waals surface area contributed by atoms with E-state index in [2.05, 4.69) is 26.1 Å². The van der Waals surface area contributed by atoms with Gasteiger partial charge in [0.15, 0.2) is 0 Å². The number of aromatic nitrogens is 2. The van der Waals surface area contributed by atoms with Crippen LogP contribution >= 0.6 is 27.3 Å². The van der Waals surface area contributed by atoms with Gasteiger partial charge in [0.1, 0.15) is 0 Å². The summed E-state index contributed by atoms with van der Waals surface area (Å²) in [5.41, 5.74) is 0.920. The van der Waals surface area contributed by atoms with E-state index in [1.54, 1.807) is 11.3 Å². The lowest BCUT2D eigenvalue weighted by Crippen LogP contribution is -1.77. The summed E-state index contributed by atoms with van der Waals surface area (Å²) in [5, 5.41) is 5.96. The fourth-order valence-corrected chi connectivity index (χ4v) is 2.35. The predicted octanol–water partition coefficient (Wildman–Crippen LogP) is 4.23. The first-order valence-corrected chi connectivity index (χ1v) is 6.64. The van der Waals surface area contributed by atoms with Crippen molar-refractivity contribution in [2.24, 2.45) is 0 Å². The standard InChI is InChI=1S/C12H7BrN2OS/c13-9-5-3-8(4-6-9)12-14-11(15-16-12)10-2-1-7-17-10/h1-7H. The maximum absolute atomic E-state index is 5.24. The van der Waals surface area contributed by atoms with Crippen molar-refractivity contribution in [3.8, 4) is 22.2 Å². The second-order valence-corrected chi connectivity index (χ2v) is 5.27. The lowest BCUT2D eigenvalue weighted by atomic mass is 10.2. The van der Waals surface area contributed by atoms with Crippen molar-refractivity contribution >= 4 is 27.3 Å². The van der Waals surface area contributed by atoms with Crippen molar-refractivity contribution in [3.05, 3.63) is 46.3 Å². The smallest absolute Gasteiger partial charge is 0.258 e. The first-order valence-electron chi connectivity index (χ1n) is 4.96. The molecule has 1 aromatic carbocycles. The lowest BCUT2D eigenvalue weighted by molar-refractivity contribution is 0.432. The first-order chi connectivity index (χ1) is 8.33. The molecule has 5 heteroatoms. The van der Waals surface area contributed by atoms with Crippen molar-refractivity contribution in [3.63, 3.8) is 0 Å². The zero-order chi connectivity index (χ0) is 11.7. The Labute approximate surface area is 110 Å². The summed E-state index contributed by atoms with van der Waals surface area (Å²) in [6.45, 7) is 0. The number of hydrogen-bond donors (Lipinski definition) is 0. The van der Waals surface area contributed by atoms with Gasteiger partial charge in [0.2, 0.25) is 5.82 Å². The number of hydrogen-bond acceptors (Lipinski definition) is 4. The van der Waals surface area contributed by atoms with E-state index in [1.165, 1.54) is 0 Å². The predicted molar refractivity (Wildman–Crippen MR) is 70.7 cm³/mol. The van der Waals surface area contributed by atoms with E-state index in [1.807, 2.05) is 41.8 Å². The maximum atomic E-state index is 5.24. The third kappa shape index (κ3) is 2.16. The highest BCUT2D eigenvalue weighted by Crippen LogP contribution is 2.25. The van der Waals surface area contributed by atoms with Crippen LogP contribution in [0.2, 0.25) is 0 Å². The summed E-state index contributed by atoms with van der Waals surface area (Å²) in [4.78, 5) is 5.38. The van der Waals surface area contributed by atoms with Crippen LogP contribution in [-0.4, -0.2) is 10.1 Å². The van der Waals surface area contributed by atoms with Gasteiger partial charge < -0.3 is 4.52 Å². The van der Waals surface area contributed by atoms with E-state index in [9.17, 15) is 0 Å². The Morgan fingerprint density at radius 1 is 1.12 bits per heavy atom. The maximum Gasteiger partial charge on any atom is 0.258 e. The number of rotatable bonds is 2. The average molecular weight is 307 g/mol. The van der Waals surface area contributed by atoms with Crippen molar-refractivity contribution in [1.29, 1.82) is 0 Å². The summed E-state index contributed by atoms with van der Waals surface area (Å²) in [6, 6.07) is 11.7. The van der Waals surface area contributed by atoms with Gasteiger partial charge in [0, 0.05) is 10.0 Å². The Hall–Kier alpha value is -1.46. The monoisotopic (exact) mass is 306 g/mol. The Kier molecular flexibility index (Phi) is 2.78. The van der Waals surface area contributed by atoms with Crippen LogP contribution in [0.15, 0.2) is 50.8 Å². The molecule has 0 fully saturated rings. The SMILES string of the molecule is Brc1ccc(-c2nc(-c3cccs3)no2)cc1. The molecule has 0 aliphatic rings. The molecule has 2 aromatic heterocycles. The van der Waals surface area contributed by atoms with Gasteiger partial charge in [-0.2, -0.15) is 4.98 Å². The minimum atomic E-state index is 0.543. The second kappa shape index (κ2) is 4.43. The number of benzene rings is 1. The Morgan fingerprint density at radius 2 is 1.94 bits per heavy atom. The van der Waals surface area contributed by atoms with Gasteiger partial charge in [0.25, 0.3) is 5.89 Å². The van der Waals surface area contributed by atoms with Crippen molar-refractivity contribution in [2.75, 3.05) is 0 Å². The van der Waals surface area contributed by atoms with E-state index < -0.39 is 0 Å². The highest BCUT2D eigenvalue weighted by Gasteiger charge is 2.10. The van der Waals surface area contributed by atoms with Gasteiger partial charge in [-0.1, -0.05) is 27.2 Å². The van der Waals surface area contributed by atoms with E-state index >= 15 is 0 Å². The van der Waals surface area contributed by atoms with Gasteiger partial charge in [-0.15, -0.1) is 11.3 Å². The molecule has 3 aromatic rings. The Bertz CT molecular complexity index is 616. The first kappa shape index (κ1) is 10.7. The van der Waals surface area contributed by atoms with Gasteiger partial charge in [-0.05, 0) is 35.7 Å². The summed E-state index contributed by atoms with van der Waals surface area (Å²) in [6.07, 6.45) is 0. The quantitative estimate of drug-likeness (QED) is 0.711. The molecule has 0 radical (unpaired) electrons. The van der Waals surface area contributed by atoms with Gasteiger partial charge in [-0.3, -0.25) is 0 Å². The lowest BCUT2D eigenvalue weighted by Gasteiger charge is -1.93. The molecule has 3 nitrogen and oxygen atoms in total. The molecule has 84 valence electrons. The highest BCUT2D eigenvalue weighted by molar-refractivity contribution is 9.10. The average Bonchev–Trinajstić information content (AvgIpc) is 3.00. The van der Waals surface area contributed by atoms with Gasteiger partial charge in [0.05, 0.1) is 4.88 Å². The molecule has 3 rings (SSSR count). The molecule has 2 heterocycles. The van der Waals surface area contributed by atoms with Crippen molar-refractivity contribution in [1.82, 2.24) is 10.1 Å². The summed E-state index contributed by atoms with van der Waals surface area (Å²) in [5.74, 6) is 1.18. The molecule has 0 saturated carbocycles. The van der Waals surface area contributed by atoms with Crippen molar-refractivity contribution in [2.45, 2.75) is 0 Å². The van der Waals surface area contributed by atoms with Crippen LogP contribution in [0.5, 0.6) is 0 Å². The Morgan fingerprint density at radius 3 is 2.65 bits per heavy atom. The number of halogens is 1. The van der Waals surface area contributed by atoms with Crippen LogP contribution in [0.1, 0.15) is 0 Å². The third-order valence-electron chi connectivity index (χ3n) is 2.26. The normalized spacial score (nSPS) is 10.6. The van der Waals surface area contributed by atoms with Crippen LogP contribution in [0, 0.1) is 0 Å². The summed E-state index contributed by atoms with van der Waals surface area (Å²) in [7, 11) is 0. The van der Waals surface area contributed by atoms with Gasteiger partial charge in [-0.25, -0.2) is 0 Å². The van der Waals surface area contributed by atoms with Crippen LogP contribution in [0.3, 0.4) is 0 Å². The van der Waals surface area contributed by atoms with E-state index in [-0.39, 0.29) is 0 Å². The summed E-state index contributed by atoms with van der Waals surface area (Å²) >= 11 is 4.98. The minimum absolute atomic E-state index is 0.543. The fourth-order valence-electron chi connectivity index (χ4n) is 1.44. The van der Waals surface area contributed by atoms with Crippen LogP contribution in [0.25, 0.3) is 22.2 Å². The molecule has 0 saturated heterocycles. The molecule has 17 heavy (non-hydrogen) atoms. The van der Waals surface area contributed by atoms with E-state index in [0.717, 1.165) is 14.9 Å². The molecule has 0 aliphatic heterocycles. The van der Waals surface area contributed by atoms with Gasteiger partial charge >= 0.3 is 0 Å². The second-order valence-electron chi connectivity index (χ2n) is 3.41. The largest absolute Gasteiger partial charge is 0.334 e. The molecular weight excluding hydrogens is 300 g/mol. The number of thiophene rings is 1. The van der Waals surface area contributed by atoms with Crippen LogP contribution in [0.4, 0.5) is 0 Å². The molecule has 0 aliphatic carbocycles. The minimum Gasteiger partial charge on any atom is -0.334 e. The topological polar surface area (TPSA) is 38.9 Å². The van der Waals surface area contributed by atoms with Crippen LogP contribution in [-0.2, 0) is 0 Å². The molecule has 0 amide bonds. The fraction of sp³-hybridized carbons (Fsp3) is 0. The molecule has 0 unspecified atom stereocenters. The zero-order valence-corrected chi connectivity index (χ0v) is 11.0. The Balaban J connectivity index is 1.98. The molecule has 0 spiro atoms. The third-order valence-corrected chi connectivity index (χ3v) is 3.65. The molecule has 0 N–H and O–H groups in total. The zero-order valence-electron chi connectivity index (χ0n) is 8.63.